The van der Waals surface area contributed by atoms with Crippen molar-refractivity contribution in [3.8, 4) is 0 Å². The molecule has 11 heteroatoms. The minimum Gasteiger partial charge on any atom is -0.350 e. The molecule has 21 heavy (non-hydrogen) atoms. The van der Waals surface area contributed by atoms with Crippen LogP contribution in [0.3, 0.4) is 0 Å². The summed E-state index contributed by atoms with van der Waals surface area (Å²) in [6.45, 7) is 2.60. The maximum absolute atomic E-state index is 12.0. The van der Waals surface area contributed by atoms with E-state index in [-0.39, 0.29) is 11.6 Å². The predicted molar refractivity (Wildman–Crippen MR) is 68.7 cm³/mol. The molecule has 0 fully saturated rings. The number of amides is 1. The lowest BCUT2D eigenvalue weighted by molar-refractivity contribution is -0.133. The summed E-state index contributed by atoms with van der Waals surface area (Å²) in [7, 11) is 0.988. The van der Waals surface area contributed by atoms with E-state index in [2.05, 4.69) is 10.2 Å². The summed E-state index contributed by atoms with van der Waals surface area (Å²) < 4.78 is 59.0. The SMILES string of the molecule is CC(C)c1[nH]nc(C(=O)NCCC(F)(F)F)c1S(=O)(=O)Cl. The van der Waals surface area contributed by atoms with E-state index in [1.165, 1.54) is 0 Å². The molecule has 1 heterocycles. The van der Waals surface area contributed by atoms with Gasteiger partial charge < -0.3 is 5.32 Å². The summed E-state index contributed by atoms with van der Waals surface area (Å²) in [4.78, 5) is 11.2. The van der Waals surface area contributed by atoms with E-state index >= 15 is 0 Å². The van der Waals surface area contributed by atoms with Crippen LogP contribution in [0.15, 0.2) is 4.90 Å². The van der Waals surface area contributed by atoms with Gasteiger partial charge in [0.2, 0.25) is 0 Å². The molecule has 0 unspecified atom stereocenters. The number of aromatic amines is 1. The second kappa shape index (κ2) is 6.22. The molecule has 1 aromatic rings. The molecular formula is C10H13ClF3N3O3S. The van der Waals surface area contributed by atoms with Crippen LogP contribution in [0.5, 0.6) is 0 Å². The Bertz CT molecular complexity index is 625. The van der Waals surface area contributed by atoms with Gasteiger partial charge in [0.05, 0.1) is 12.1 Å². The summed E-state index contributed by atoms with van der Waals surface area (Å²) in [5.41, 5.74) is -0.429. The number of H-pyrrole nitrogens is 1. The summed E-state index contributed by atoms with van der Waals surface area (Å²) in [6.07, 6.45) is -5.66. The molecule has 0 radical (unpaired) electrons. The van der Waals surface area contributed by atoms with Gasteiger partial charge in [0.15, 0.2) is 5.69 Å². The number of aromatic nitrogens is 2. The van der Waals surface area contributed by atoms with E-state index in [1.807, 2.05) is 5.32 Å². The van der Waals surface area contributed by atoms with Crippen LogP contribution >= 0.6 is 10.7 Å². The minimum absolute atomic E-state index is 0.117. The normalized spacial score (nSPS) is 12.7. The molecule has 6 nitrogen and oxygen atoms in total. The molecule has 0 bridgehead atoms. The molecule has 0 aliphatic rings. The lowest BCUT2D eigenvalue weighted by atomic mass is 10.1. The van der Waals surface area contributed by atoms with Crippen molar-refractivity contribution in [1.29, 1.82) is 0 Å². The number of nitrogens with one attached hydrogen (secondary N) is 2. The van der Waals surface area contributed by atoms with Gasteiger partial charge in [-0.05, 0) is 5.92 Å². The molecule has 1 rings (SSSR count). The lowest BCUT2D eigenvalue weighted by Crippen LogP contribution is -2.29. The minimum atomic E-state index is -4.43. The van der Waals surface area contributed by atoms with Crippen LogP contribution in [0.4, 0.5) is 13.2 Å². The summed E-state index contributed by atoms with van der Waals surface area (Å²) >= 11 is 0. The van der Waals surface area contributed by atoms with E-state index in [4.69, 9.17) is 10.7 Å². The average molecular weight is 348 g/mol. The zero-order valence-corrected chi connectivity index (χ0v) is 12.7. The van der Waals surface area contributed by atoms with Gasteiger partial charge in [0, 0.05) is 17.2 Å². The standard InChI is InChI=1S/C10H13ClF3N3O3S/c1-5(2)6-8(21(11,19)20)7(17-16-6)9(18)15-4-3-10(12,13)14/h5H,3-4H2,1-2H3,(H,15,18)(H,16,17). The van der Waals surface area contributed by atoms with Gasteiger partial charge in [-0.25, -0.2) is 8.42 Å². The smallest absolute Gasteiger partial charge is 0.350 e. The monoisotopic (exact) mass is 347 g/mol. The van der Waals surface area contributed by atoms with Crippen LogP contribution in [0, 0.1) is 0 Å². The van der Waals surface area contributed by atoms with Crippen molar-refractivity contribution >= 4 is 25.6 Å². The van der Waals surface area contributed by atoms with Gasteiger partial charge in [-0.3, -0.25) is 9.89 Å². The Kier molecular flexibility index (Phi) is 5.26. The molecule has 0 saturated heterocycles. The fraction of sp³-hybridized carbons (Fsp3) is 0.600. The van der Waals surface area contributed by atoms with Crippen molar-refractivity contribution < 1.29 is 26.4 Å². The molecule has 0 atom stereocenters. The fourth-order valence-corrected chi connectivity index (χ4v) is 2.92. The number of rotatable bonds is 5. The first-order valence-corrected chi connectivity index (χ1v) is 8.12. The van der Waals surface area contributed by atoms with E-state index in [1.54, 1.807) is 13.8 Å². The first-order chi connectivity index (χ1) is 9.43. The van der Waals surface area contributed by atoms with Crippen molar-refractivity contribution in [2.45, 2.75) is 37.3 Å². The van der Waals surface area contributed by atoms with Gasteiger partial charge in [-0.2, -0.15) is 18.3 Å². The summed E-state index contributed by atoms with van der Waals surface area (Å²) in [6, 6.07) is 0. The maximum Gasteiger partial charge on any atom is 0.390 e. The van der Waals surface area contributed by atoms with E-state index < -0.39 is 44.7 Å². The van der Waals surface area contributed by atoms with E-state index in [9.17, 15) is 26.4 Å². The number of alkyl halides is 3. The van der Waals surface area contributed by atoms with Gasteiger partial charge >= 0.3 is 6.18 Å². The van der Waals surface area contributed by atoms with Crippen LogP contribution in [-0.4, -0.2) is 37.2 Å². The largest absolute Gasteiger partial charge is 0.390 e. The summed E-state index contributed by atoms with van der Waals surface area (Å²) in [5, 5.41) is 7.86. The van der Waals surface area contributed by atoms with E-state index in [0.29, 0.717) is 0 Å². The molecule has 0 spiro atoms. The second-order valence-corrected chi connectivity index (χ2v) is 7.03. The number of nitrogens with zero attached hydrogens (tertiary/aromatic N) is 1. The Balaban J connectivity index is 3.01. The fourth-order valence-electron chi connectivity index (χ4n) is 1.54. The third-order valence-corrected chi connectivity index (χ3v) is 3.84. The lowest BCUT2D eigenvalue weighted by Gasteiger charge is -2.08. The van der Waals surface area contributed by atoms with Gasteiger partial charge in [-0.15, -0.1) is 0 Å². The summed E-state index contributed by atoms with van der Waals surface area (Å²) in [5.74, 6) is -1.36. The third-order valence-electron chi connectivity index (χ3n) is 2.48. The zero-order chi connectivity index (χ0) is 16.4. The first-order valence-electron chi connectivity index (χ1n) is 5.81. The Labute approximate surface area is 123 Å². The number of carbonyl (C=O) groups is 1. The van der Waals surface area contributed by atoms with Crippen molar-refractivity contribution in [2.24, 2.45) is 0 Å². The van der Waals surface area contributed by atoms with Crippen LogP contribution in [0.25, 0.3) is 0 Å². The van der Waals surface area contributed by atoms with Crippen molar-refractivity contribution in [3.63, 3.8) is 0 Å². The molecule has 120 valence electrons. The molecular weight excluding hydrogens is 335 g/mol. The van der Waals surface area contributed by atoms with E-state index in [0.717, 1.165) is 0 Å². The highest BCUT2D eigenvalue weighted by atomic mass is 35.7. The molecule has 1 amide bonds. The predicted octanol–water partition coefficient (Wildman–Crippen LogP) is 2.14. The van der Waals surface area contributed by atoms with Crippen LogP contribution in [-0.2, 0) is 9.05 Å². The Morgan fingerprint density at radius 1 is 1.43 bits per heavy atom. The highest BCUT2D eigenvalue weighted by Gasteiger charge is 2.31. The van der Waals surface area contributed by atoms with Gasteiger partial charge in [-0.1, -0.05) is 13.8 Å². The topological polar surface area (TPSA) is 91.9 Å². The van der Waals surface area contributed by atoms with Crippen molar-refractivity contribution in [3.05, 3.63) is 11.4 Å². The first kappa shape index (κ1) is 17.8. The molecule has 1 aromatic heterocycles. The molecule has 0 saturated carbocycles. The average Bonchev–Trinajstić information content (AvgIpc) is 2.70. The van der Waals surface area contributed by atoms with Crippen LogP contribution in [0.2, 0.25) is 0 Å². The maximum atomic E-state index is 12.0. The Hall–Kier alpha value is -1.29. The van der Waals surface area contributed by atoms with Crippen LogP contribution < -0.4 is 5.32 Å². The number of halogens is 4. The van der Waals surface area contributed by atoms with Gasteiger partial charge in [0.1, 0.15) is 4.90 Å². The Morgan fingerprint density at radius 2 is 2.00 bits per heavy atom. The highest BCUT2D eigenvalue weighted by molar-refractivity contribution is 8.13. The molecule has 0 aliphatic carbocycles. The molecule has 0 aromatic carbocycles. The number of hydrogen-bond acceptors (Lipinski definition) is 4. The van der Waals surface area contributed by atoms with Crippen molar-refractivity contribution in [1.82, 2.24) is 15.5 Å². The Morgan fingerprint density at radius 3 is 2.43 bits per heavy atom. The quantitative estimate of drug-likeness (QED) is 0.798. The molecule has 0 aliphatic heterocycles. The second-order valence-electron chi connectivity index (χ2n) is 4.53. The molecule has 2 N–H and O–H groups in total. The zero-order valence-electron chi connectivity index (χ0n) is 11.1. The third kappa shape index (κ3) is 4.88. The number of hydrogen-bond donors (Lipinski definition) is 2. The van der Waals surface area contributed by atoms with Gasteiger partial charge in [0.25, 0.3) is 15.0 Å². The van der Waals surface area contributed by atoms with Crippen molar-refractivity contribution in [2.75, 3.05) is 6.54 Å². The highest BCUT2D eigenvalue weighted by Crippen LogP contribution is 2.27. The number of carbonyl (C=O) groups excluding carboxylic acids is 1. The van der Waals surface area contributed by atoms with Crippen LogP contribution in [0.1, 0.15) is 42.4 Å².